The molecule has 2 aromatic heterocycles. The molecular formula is C21H21FN2O2S. The molecule has 1 aromatic carbocycles. The van der Waals surface area contributed by atoms with Gasteiger partial charge in [-0.05, 0) is 67.5 Å². The lowest BCUT2D eigenvalue weighted by atomic mass is 10.1. The van der Waals surface area contributed by atoms with Crippen LogP contribution in [0.1, 0.15) is 33.9 Å². The molecule has 0 radical (unpaired) electrons. The van der Waals surface area contributed by atoms with Crippen LogP contribution in [0.5, 0.6) is 0 Å². The Morgan fingerprint density at radius 1 is 1.19 bits per heavy atom. The highest BCUT2D eigenvalue weighted by atomic mass is 32.2. The Hall–Kier alpha value is -2.60. The molecule has 0 atom stereocenters. The number of nitrogens with zero attached hydrogens (tertiary/aromatic N) is 1. The van der Waals surface area contributed by atoms with Crippen molar-refractivity contribution in [3.05, 3.63) is 83.2 Å². The third kappa shape index (κ3) is 5.69. The van der Waals surface area contributed by atoms with Crippen molar-refractivity contribution in [1.82, 2.24) is 10.3 Å². The molecule has 4 nitrogen and oxygen atoms in total. The third-order valence-electron chi connectivity index (χ3n) is 4.00. The van der Waals surface area contributed by atoms with Crippen LogP contribution in [0.15, 0.2) is 64.2 Å². The largest absolute Gasteiger partial charge is 0.465 e. The van der Waals surface area contributed by atoms with Crippen LogP contribution in [0.3, 0.4) is 0 Å². The standard InChI is InChI=1S/C21H21FN2O2S/c1-15-6-11-18(26-15)14-24-20(25)19-5-2-12-23-21(19)27-13-3-4-16-7-9-17(22)10-8-16/h2,5-12H,3-4,13-14H2,1H3,(H,24,25). The van der Waals surface area contributed by atoms with E-state index in [4.69, 9.17) is 4.42 Å². The number of furan rings is 1. The van der Waals surface area contributed by atoms with E-state index in [9.17, 15) is 9.18 Å². The van der Waals surface area contributed by atoms with E-state index in [1.807, 2.05) is 19.1 Å². The van der Waals surface area contributed by atoms with Gasteiger partial charge in [0, 0.05) is 6.20 Å². The second kappa shape index (κ2) is 9.37. The summed E-state index contributed by atoms with van der Waals surface area (Å²) in [5.41, 5.74) is 1.66. The van der Waals surface area contributed by atoms with Gasteiger partial charge in [-0.2, -0.15) is 0 Å². The first-order chi connectivity index (χ1) is 13.1. The minimum atomic E-state index is -0.220. The van der Waals surface area contributed by atoms with Crippen molar-refractivity contribution < 1.29 is 13.6 Å². The van der Waals surface area contributed by atoms with E-state index in [1.165, 1.54) is 12.1 Å². The van der Waals surface area contributed by atoms with Crippen molar-refractivity contribution in [3.8, 4) is 0 Å². The molecule has 0 unspecified atom stereocenters. The van der Waals surface area contributed by atoms with Crippen molar-refractivity contribution >= 4 is 17.7 Å². The Balaban J connectivity index is 1.51. The predicted molar refractivity (Wildman–Crippen MR) is 104 cm³/mol. The molecule has 0 fully saturated rings. The Kier molecular flexibility index (Phi) is 6.65. The molecule has 0 saturated carbocycles. The number of hydrogen-bond acceptors (Lipinski definition) is 4. The molecule has 27 heavy (non-hydrogen) atoms. The maximum atomic E-state index is 12.9. The average molecular weight is 384 g/mol. The number of nitrogens with one attached hydrogen (secondary N) is 1. The van der Waals surface area contributed by atoms with Gasteiger partial charge in [0.1, 0.15) is 22.4 Å². The molecule has 1 amide bonds. The SMILES string of the molecule is Cc1ccc(CNC(=O)c2cccnc2SCCCc2ccc(F)cc2)o1. The maximum Gasteiger partial charge on any atom is 0.254 e. The summed E-state index contributed by atoms with van der Waals surface area (Å²) in [4.78, 5) is 16.8. The van der Waals surface area contributed by atoms with E-state index >= 15 is 0 Å². The van der Waals surface area contributed by atoms with Crippen LogP contribution < -0.4 is 5.32 Å². The van der Waals surface area contributed by atoms with Gasteiger partial charge in [0.15, 0.2) is 0 Å². The highest BCUT2D eigenvalue weighted by molar-refractivity contribution is 7.99. The van der Waals surface area contributed by atoms with Crippen molar-refractivity contribution in [3.63, 3.8) is 0 Å². The fourth-order valence-electron chi connectivity index (χ4n) is 2.62. The minimum Gasteiger partial charge on any atom is -0.465 e. The molecule has 3 aromatic rings. The van der Waals surface area contributed by atoms with Crippen LogP contribution in [-0.2, 0) is 13.0 Å². The molecular weight excluding hydrogens is 363 g/mol. The normalized spacial score (nSPS) is 10.7. The summed E-state index contributed by atoms with van der Waals surface area (Å²) >= 11 is 1.55. The van der Waals surface area contributed by atoms with E-state index in [1.54, 1.807) is 42.2 Å². The van der Waals surface area contributed by atoms with Crippen LogP contribution >= 0.6 is 11.8 Å². The molecule has 1 N–H and O–H groups in total. The zero-order valence-electron chi connectivity index (χ0n) is 15.1. The molecule has 0 saturated heterocycles. The number of benzene rings is 1. The third-order valence-corrected chi connectivity index (χ3v) is 5.09. The summed E-state index contributed by atoms with van der Waals surface area (Å²) in [6.45, 7) is 2.21. The van der Waals surface area contributed by atoms with Crippen LogP contribution in [-0.4, -0.2) is 16.6 Å². The van der Waals surface area contributed by atoms with E-state index in [-0.39, 0.29) is 11.7 Å². The first-order valence-corrected chi connectivity index (χ1v) is 9.76. The highest BCUT2D eigenvalue weighted by Crippen LogP contribution is 2.21. The quantitative estimate of drug-likeness (QED) is 0.449. The first-order valence-electron chi connectivity index (χ1n) is 8.77. The smallest absolute Gasteiger partial charge is 0.254 e. The molecule has 3 rings (SSSR count). The number of thioether (sulfide) groups is 1. The van der Waals surface area contributed by atoms with Crippen LogP contribution in [0.4, 0.5) is 4.39 Å². The van der Waals surface area contributed by atoms with Crippen molar-refractivity contribution in [1.29, 1.82) is 0 Å². The lowest BCUT2D eigenvalue weighted by Crippen LogP contribution is -2.23. The van der Waals surface area contributed by atoms with Crippen LogP contribution in [0.25, 0.3) is 0 Å². The zero-order chi connectivity index (χ0) is 19.1. The summed E-state index contributed by atoms with van der Waals surface area (Å²) in [6, 6.07) is 13.8. The molecule has 0 aliphatic rings. The summed E-state index contributed by atoms with van der Waals surface area (Å²) in [5, 5.41) is 3.58. The monoisotopic (exact) mass is 384 g/mol. The summed E-state index contributed by atoms with van der Waals surface area (Å²) < 4.78 is 18.4. The first kappa shape index (κ1) is 19.2. The van der Waals surface area contributed by atoms with Gasteiger partial charge in [-0.15, -0.1) is 11.8 Å². The number of aromatic nitrogens is 1. The van der Waals surface area contributed by atoms with Crippen molar-refractivity contribution in [2.45, 2.75) is 31.3 Å². The number of aryl methyl sites for hydroxylation is 2. The van der Waals surface area contributed by atoms with Crippen LogP contribution in [0, 0.1) is 12.7 Å². The molecule has 0 bridgehead atoms. The van der Waals surface area contributed by atoms with Crippen LogP contribution in [0.2, 0.25) is 0 Å². The van der Waals surface area contributed by atoms with Gasteiger partial charge in [-0.3, -0.25) is 4.79 Å². The number of rotatable bonds is 8. The summed E-state index contributed by atoms with van der Waals surface area (Å²) in [6.07, 6.45) is 3.47. The molecule has 140 valence electrons. The van der Waals surface area contributed by atoms with Gasteiger partial charge < -0.3 is 9.73 Å². The second-order valence-corrected chi connectivity index (χ2v) is 7.21. The van der Waals surface area contributed by atoms with Crippen molar-refractivity contribution in [2.75, 3.05) is 5.75 Å². The molecule has 0 spiro atoms. The second-order valence-electron chi connectivity index (χ2n) is 6.13. The fourth-order valence-corrected chi connectivity index (χ4v) is 3.55. The minimum absolute atomic E-state index is 0.168. The molecule has 0 aliphatic carbocycles. The van der Waals surface area contributed by atoms with Gasteiger partial charge in [-0.1, -0.05) is 12.1 Å². The Morgan fingerprint density at radius 2 is 2.00 bits per heavy atom. The lowest BCUT2D eigenvalue weighted by molar-refractivity contribution is 0.0944. The summed E-state index contributed by atoms with van der Waals surface area (Å²) in [5.74, 6) is 1.97. The molecule has 0 aliphatic heterocycles. The van der Waals surface area contributed by atoms with E-state index in [2.05, 4.69) is 10.3 Å². The van der Waals surface area contributed by atoms with Gasteiger partial charge in [0.25, 0.3) is 5.91 Å². The molecule has 6 heteroatoms. The number of pyridine rings is 1. The van der Waals surface area contributed by atoms with Gasteiger partial charge >= 0.3 is 0 Å². The number of carbonyl (C=O) groups is 1. The number of halogens is 1. The Morgan fingerprint density at radius 3 is 2.74 bits per heavy atom. The number of amides is 1. The van der Waals surface area contributed by atoms with Crippen molar-refractivity contribution in [2.24, 2.45) is 0 Å². The fraction of sp³-hybridized carbons (Fsp3) is 0.238. The van der Waals surface area contributed by atoms with Gasteiger partial charge in [0.05, 0.1) is 12.1 Å². The van der Waals surface area contributed by atoms with E-state index in [0.29, 0.717) is 17.1 Å². The van der Waals surface area contributed by atoms with E-state index in [0.717, 1.165) is 35.7 Å². The topological polar surface area (TPSA) is 55.1 Å². The predicted octanol–water partition coefficient (Wildman–Crippen LogP) is 4.78. The number of hydrogen-bond donors (Lipinski definition) is 1. The summed E-state index contributed by atoms with van der Waals surface area (Å²) in [7, 11) is 0. The highest BCUT2D eigenvalue weighted by Gasteiger charge is 2.13. The lowest BCUT2D eigenvalue weighted by Gasteiger charge is -2.08. The maximum absolute atomic E-state index is 12.9. The van der Waals surface area contributed by atoms with E-state index < -0.39 is 0 Å². The number of carbonyl (C=O) groups excluding carboxylic acids is 1. The van der Waals surface area contributed by atoms with Gasteiger partial charge in [-0.25, -0.2) is 9.37 Å². The Bertz CT molecular complexity index is 893. The van der Waals surface area contributed by atoms with Gasteiger partial charge in [0.2, 0.25) is 0 Å². The Labute approximate surface area is 162 Å². The molecule has 2 heterocycles. The zero-order valence-corrected chi connectivity index (χ0v) is 15.9. The average Bonchev–Trinajstić information content (AvgIpc) is 3.10.